The van der Waals surface area contributed by atoms with Crippen LogP contribution >= 0.6 is 0 Å². The largest absolute Gasteiger partial charge is 0.507 e. The van der Waals surface area contributed by atoms with Gasteiger partial charge in [-0.25, -0.2) is 0 Å². The zero-order valence-corrected chi connectivity index (χ0v) is 18.8. The number of aromatic hydroxyl groups is 1. The minimum Gasteiger partial charge on any atom is -0.507 e. The number of ketones is 1. The number of amides is 1. The Morgan fingerprint density at radius 1 is 1.18 bits per heavy atom. The molecule has 0 atom stereocenters. The summed E-state index contributed by atoms with van der Waals surface area (Å²) in [6.45, 7) is 3.93. The van der Waals surface area contributed by atoms with E-state index in [2.05, 4.69) is 25.9 Å². The predicted molar refractivity (Wildman–Crippen MR) is 121 cm³/mol. The zero-order valence-electron chi connectivity index (χ0n) is 18.8. The van der Waals surface area contributed by atoms with E-state index in [4.69, 9.17) is 9.47 Å². The van der Waals surface area contributed by atoms with Gasteiger partial charge in [0.05, 0.1) is 24.5 Å². The van der Waals surface area contributed by atoms with Gasteiger partial charge in [0.15, 0.2) is 5.78 Å². The van der Waals surface area contributed by atoms with Crippen LogP contribution in [0.4, 0.5) is 5.69 Å². The van der Waals surface area contributed by atoms with Crippen molar-refractivity contribution < 1.29 is 24.2 Å². The van der Waals surface area contributed by atoms with Crippen molar-refractivity contribution in [2.45, 2.75) is 33.1 Å². The highest BCUT2D eigenvalue weighted by Gasteiger charge is 2.17. The number of anilines is 1. The molecule has 34 heavy (non-hydrogen) atoms. The van der Waals surface area contributed by atoms with Crippen LogP contribution in [0.1, 0.15) is 58.8 Å². The molecule has 1 amide bonds. The van der Waals surface area contributed by atoms with Crippen molar-refractivity contribution in [3.63, 3.8) is 0 Å². The second kappa shape index (κ2) is 11.4. The molecule has 0 saturated carbocycles. The molecule has 0 unspecified atom stereocenters. The Morgan fingerprint density at radius 3 is 2.59 bits per heavy atom. The van der Waals surface area contributed by atoms with E-state index in [0.717, 1.165) is 6.42 Å². The quantitative estimate of drug-likeness (QED) is 0.286. The summed E-state index contributed by atoms with van der Waals surface area (Å²) in [7, 11) is 0. The number of tetrazole rings is 1. The number of nitriles is 1. The van der Waals surface area contributed by atoms with Gasteiger partial charge >= 0.3 is 0 Å². The van der Waals surface area contributed by atoms with Crippen molar-refractivity contribution in [3.8, 4) is 23.3 Å². The zero-order chi connectivity index (χ0) is 24.5. The van der Waals surface area contributed by atoms with Gasteiger partial charge in [0.1, 0.15) is 28.9 Å². The molecule has 2 aromatic carbocycles. The van der Waals surface area contributed by atoms with Crippen LogP contribution in [0.5, 0.6) is 17.2 Å². The molecule has 0 fully saturated rings. The van der Waals surface area contributed by atoms with Gasteiger partial charge in [-0.1, -0.05) is 19.4 Å². The van der Waals surface area contributed by atoms with Crippen LogP contribution in [-0.4, -0.2) is 50.6 Å². The second-order valence-electron chi connectivity index (χ2n) is 7.28. The molecule has 11 nitrogen and oxygen atoms in total. The average Bonchev–Trinajstić information content (AvgIpc) is 3.36. The molecule has 176 valence electrons. The van der Waals surface area contributed by atoms with Crippen molar-refractivity contribution in [3.05, 3.63) is 52.8 Å². The Balaban J connectivity index is 1.59. The average molecular weight is 464 g/mol. The number of nitrogens with one attached hydrogen (secondary N) is 2. The van der Waals surface area contributed by atoms with Gasteiger partial charge in [0, 0.05) is 12.0 Å². The van der Waals surface area contributed by atoms with Gasteiger partial charge < -0.3 is 19.9 Å². The Kier molecular flexibility index (Phi) is 8.12. The lowest BCUT2D eigenvalue weighted by atomic mass is 10.0. The van der Waals surface area contributed by atoms with Gasteiger partial charge in [-0.05, 0) is 42.8 Å². The molecule has 11 heteroatoms. The van der Waals surface area contributed by atoms with Gasteiger partial charge in [-0.15, -0.1) is 10.2 Å². The van der Waals surface area contributed by atoms with Crippen molar-refractivity contribution in [1.29, 1.82) is 5.26 Å². The predicted octanol–water partition coefficient (Wildman–Crippen LogP) is 3.03. The summed E-state index contributed by atoms with van der Waals surface area (Å²) in [5.41, 5.74) is 1.30. The molecule has 1 heterocycles. The summed E-state index contributed by atoms with van der Waals surface area (Å²) in [4.78, 5) is 23.8. The van der Waals surface area contributed by atoms with E-state index < -0.39 is 5.91 Å². The number of benzene rings is 2. The number of carbonyl (C=O) groups excluding carboxylic acids is 2. The lowest BCUT2D eigenvalue weighted by molar-refractivity contribution is 0.100. The Labute approximate surface area is 195 Å². The van der Waals surface area contributed by atoms with Crippen LogP contribution in [0.25, 0.3) is 0 Å². The molecule has 0 spiro atoms. The second-order valence-corrected chi connectivity index (χ2v) is 7.28. The number of phenols is 1. The molecule has 0 saturated heterocycles. The normalized spacial score (nSPS) is 10.4. The minimum absolute atomic E-state index is 0.0403. The van der Waals surface area contributed by atoms with Crippen LogP contribution < -0.4 is 14.8 Å². The number of aromatic nitrogens is 4. The molecule has 1 aromatic heterocycles. The fraction of sp³-hybridized carbons (Fsp3) is 0.304. The first-order chi connectivity index (χ1) is 16.5. The van der Waals surface area contributed by atoms with Gasteiger partial charge in [0.25, 0.3) is 11.7 Å². The van der Waals surface area contributed by atoms with E-state index in [1.54, 1.807) is 30.3 Å². The van der Waals surface area contributed by atoms with Gasteiger partial charge in [-0.2, -0.15) is 10.5 Å². The van der Waals surface area contributed by atoms with Crippen LogP contribution in [0.2, 0.25) is 0 Å². The lowest BCUT2D eigenvalue weighted by Gasteiger charge is -2.15. The van der Waals surface area contributed by atoms with Gasteiger partial charge in [-0.3, -0.25) is 9.59 Å². The molecule has 0 aliphatic heterocycles. The van der Waals surface area contributed by atoms with Crippen molar-refractivity contribution in [1.82, 2.24) is 20.6 Å². The van der Waals surface area contributed by atoms with E-state index in [9.17, 15) is 20.0 Å². The van der Waals surface area contributed by atoms with Crippen LogP contribution in [-0.2, 0) is 6.42 Å². The number of H-pyrrole nitrogens is 1. The lowest BCUT2D eigenvalue weighted by Crippen LogP contribution is -2.15. The van der Waals surface area contributed by atoms with Crippen LogP contribution in [0.3, 0.4) is 0 Å². The topological polar surface area (TPSA) is 163 Å². The minimum atomic E-state index is -0.613. The summed E-state index contributed by atoms with van der Waals surface area (Å²) in [6, 6.07) is 10.1. The smallest absolute Gasteiger partial charge is 0.297 e. The third-order valence-electron chi connectivity index (χ3n) is 4.86. The standard InChI is InChI=1S/C23H24N6O5/c1-3-6-16-20(10-9-15(14(2)30)21(16)31)34-12-5-11-33-19-8-4-7-18(17(19)13-24)25-23(32)22-26-28-29-27-22/h4,7-10,31H,3,5-6,11-12H2,1-2H3,(H,25,32)(H,26,27,28,29). The molecule has 3 aromatic rings. The van der Waals surface area contributed by atoms with E-state index >= 15 is 0 Å². The molecule has 0 bridgehead atoms. The maximum atomic E-state index is 12.1. The van der Waals surface area contributed by atoms with E-state index in [1.165, 1.54) is 6.92 Å². The molecule has 0 radical (unpaired) electrons. The van der Waals surface area contributed by atoms with Crippen molar-refractivity contribution in [2.24, 2.45) is 0 Å². The van der Waals surface area contributed by atoms with E-state index in [0.29, 0.717) is 36.5 Å². The van der Waals surface area contributed by atoms with E-state index in [-0.39, 0.29) is 40.8 Å². The highest BCUT2D eigenvalue weighted by Crippen LogP contribution is 2.33. The molecular weight excluding hydrogens is 440 g/mol. The number of ether oxygens (including phenoxy) is 2. The molecule has 0 aliphatic carbocycles. The number of Topliss-reactive ketones (excluding diaryl/α,β-unsaturated/α-hetero) is 1. The van der Waals surface area contributed by atoms with Gasteiger partial charge in [0.2, 0.25) is 0 Å². The third kappa shape index (κ3) is 5.66. The number of rotatable bonds is 11. The van der Waals surface area contributed by atoms with Crippen molar-refractivity contribution in [2.75, 3.05) is 18.5 Å². The Hall–Kier alpha value is -4.46. The highest BCUT2D eigenvalue weighted by molar-refractivity contribution is 6.02. The Bertz CT molecular complexity index is 1200. The summed E-state index contributed by atoms with van der Waals surface area (Å²) in [5.74, 6) is -0.188. The number of phenolic OH excluding ortho intramolecular Hbond substituents is 1. The fourth-order valence-corrected chi connectivity index (χ4v) is 3.26. The SMILES string of the molecule is CCCc1c(OCCCOc2cccc(NC(=O)c3nn[nH]n3)c2C#N)ccc(C(C)=O)c1O. The molecular formula is C23H24N6O5. The number of hydrogen-bond donors (Lipinski definition) is 3. The number of nitrogens with zero attached hydrogens (tertiary/aromatic N) is 4. The molecule has 0 aliphatic rings. The third-order valence-corrected chi connectivity index (χ3v) is 4.86. The first-order valence-corrected chi connectivity index (χ1v) is 10.7. The molecule has 3 rings (SSSR count). The van der Waals surface area contributed by atoms with E-state index in [1.807, 2.05) is 13.0 Å². The first-order valence-electron chi connectivity index (χ1n) is 10.7. The summed E-state index contributed by atoms with van der Waals surface area (Å²) in [5, 5.41) is 35.3. The van der Waals surface area contributed by atoms with Crippen LogP contribution in [0, 0.1) is 11.3 Å². The maximum absolute atomic E-state index is 12.1. The number of aromatic amines is 1. The number of hydrogen-bond acceptors (Lipinski definition) is 9. The highest BCUT2D eigenvalue weighted by atomic mass is 16.5. The Morgan fingerprint density at radius 2 is 1.94 bits per heavy atom. The van der Waals surface area contributed by atoms with Crippen molar-refractivity contribution >= 4 is 17.4 Å². The first kappa shape index (κ1) is 24.2. The monoisotopic (exact) mass is 464 g/mol. The summed E-state index contributed by atoms with van der Waals surface area (Å²) >= 11 is 0. The summed E-state index contributed by atoms with van der Waals surface area (Å²) < 4.78 is 11.6. The number of carbonyl (C=O) groups is 2. The van der Waals surface area contributed by atoms with Crippen LogP contribution in [0.15, 0.2) is 30.3 Å². The maximum Gasteiger partial charge on any atom is 0.297 e. The fourth-order valence-electron chi connectivity index (χ4n) is 3.26. The summed E-state index contributed by atoms with van der Waals surface area (Å²) in [6.07, 6.45) is 1.85. The molecule has 3 N–H and O–H groups in total.